The van der Waals surface area contributed by atoms with Gasteiger partial charge in [0, 0.05) is 12.2 Å². The summed E-state index contributed by atoms with van der Waals surface area (Å²) < 4.78 is 37.2. The molecule has 10 heteroatoms. The van der Waals surface area contributed by atoms with Crippen LogP contribution in [-0.2, 0) is 16.6 Å². The molecule has 3 N–H and O–H groups in total. The smallest absolute Gasteiger partial charge is 0.325 e. The van der Waals surface area contributed by atoms with Gasteiger partial charge in [0.25, 0.3) is 5.56 Å². The van der Waals surface area contributed by atoms with Crippen LogP contribution in [0, 0.1) is 6.92 Å². The highest BCUT2D eigenvalue weighted by Crippen LogP contribution is 2.27. The standard InChI is InChI=1S/C14H17N3O6S/c1-8-12(13(18)17-14(19)16-8)24(20,21)15-7-9-4-5-10(22-2)11(6-9)23-3/h4-6,15H,7H2,1-3H3,(H2,16,17,18,19). The Balaban J connectivity index is 2.29. The molecule has 0 aliphatic rings. The molecule has 0 fully saturated rings. The average Bonchev–Trinajstić information content (AvgIpc) is 2.51. The fraction of sp³-hybridized carbons (Fsp3) is 0.286. The molecule has 1 aromatic heterocycles. The maximum atomic E-state index is 12.3. The van der Waals surface area contributed by atoms with E-state index in [0.717, 1.165) is 0 Å². The molecule has 0 saturated carbocycles. The van der Waals surface area contributed by atoms with Gasteiger partial charge in [-0.3, -0.25) is 9.78 Å². The molecule has 1 heterocycles. The van der Waals surface area contributed by atoms with Gasteiger partial charge in [-0.25, -0.2) is 17.9 Å². The van der Waals surface area contributed by atoms with Crippen molar-refractivity contribution in [2.24, 2.45) is 0 Å². The quantitative estimate of drug-likeness (QED) is 0.661. The van der Waals surface area contributed by atoms with Crippen molar-refractivity contribution in [2.45, 2.75) is 18.4 Å². The van der Waals surface area contributed by atoms with Crippen molar-refractivity contribution >= 4 is 10.0 Å². The van der Waals surface area contributed by atoms with E-state index >= 15 is 0 Å². The van der Waals surface area contributed by atoms with Gasteiger partial charge in [0.2, 0.25) is 10.0 Å². The monoisotopic (exact) mass is 355 g/mol. The lowest BCUT2D eigenvalue weighted by Crippen LogP contribution is -2.34. The highest BCUT2D eigenvalue weighted by Gasteiger charge is 2.22. The summed E-state index contributed by atoms with van der Waals surface area (Å²) in [6.45, 7) is 1.27. The van der Waals surface area contributed by atoms with Crippen LogP contribution in [0.25, 0.3) is 0 Å². The highest BCUT2D eigenvalue weighted by molar-refractivity contribution is 7.89. The van der Waals surface area contributed by atoms with Crippen LogP contribution in [0.1, 0.15) is 11.3 Å². The second-order valence-electron chi connectivity index (χ2n) is 4.88. The zero-order chi connectivity index (χ0) is 17.9. The van der Waals surface area contributed by atoms with Gasteiger partial charge in [-0.2, -0.15) is 0 Å². The fourth-order valence-corrected chi connectivity index (χ4v) is 3.40. The van der Waals surface area contributed by atoms with Crippen molar-refractivity contribution in [1.29, 1.82) is 0 Å². The van der Waals surface area contributed by atoms with Gasteiger partial charge in [0.05, 0.1) is 14.2 Å². The molecule has 24 heavy (non-hydrogen) atoms. The Morgan fingerprint density at radius 1 is 1.08 bits per heavy atom. The second kappa shape index (κ2) is 6.89. The summed E-state index contributed by atoms with van der Waals surface area (Å²) in [5, 5.41) is 0. The zero-order valence-electron chi connectivity index (χ0n) is 13.3. The number of H-pyrrole nitrogens is 2. The number of aromatic nitrogens is 2. The van der Waals surface area contributed by atoms with Crippen LogP contribution >= 0.6 is 0 Å². The minimum atomic E-state index is -4.11. The first-order valence-corrected chi connectivity index (χ1v) is 8.30. The van der Waals surface area contributed by atoms with E-state index in [1.54, 1.807) is 18.2 Å². The van der Waals surface area contributed by atoms with Gasteiger partial charge in [-0.15, -0.1) is 0 Å². The molecule has 0 bridgehead atoms. The van der Waals surface area contributed by atoms with E-state index in [4.69, 9.17) is 9.47 Å². The Labute approximate surface area is 137 Å². The number of benzene rings is 1. The third-order valence-electron chi connectivity index (χ3n) is 3.26. The molecule has 0 aliphatic heterocycles. The van der Waals surface area contributed by atoms with E-state index in [9.17, 15) is 18.0 Å². The summed E-state index contributed by atoms with van der Waals surface area (Å²) in [5.74, 6) is 0.962. The van der Waals surface area contributed by atoms with Gasteiger partial charge >= 0.3 is 5.69 Å². The molecule has 1 aromatic carbocycles. The van der Waals surface area contributed by atoms with Crippen molar-refractivity contribution in [3.05, 3.63) is 50.3 Å². The molecule has 9 nitrogen and oxygen atoms in total. The molecule has 0 amide bonds. The lowest BCUT2D eigenvalue weighted by Gasteiger charge is -2.11. The minimum absolute atomic E-state index is 0.0384. The number of ether oxygens (including phenoxy) is 2. The molecule has 2 rings (SSSR count). The molecule has 0 atom stereocenters. The first-order chi connectivity index (χ1) is 11.3. The minimum Gasteiger partial charge on any atom is -0.493 e. The van der Waals surface area contributed by atoms with Crippen LogP contribution in [0.15, 0.2) is 32.7 Å². The van der Waals surface area contributed by atoms with Gasteiger partial charge in [-0.1, -0.05) is 6.07 Å². The van der Waals surface area contributed by atoms with Gasteiger partial charge < -0.3 is 14.5 Å². The van der Waals surface area contributed by atoms with E-state index in [1.807, 2.05) is 4.98 Å². The Kier molecular flexibility index (Phi) is 5.10. The SMILES string of the molecule is COc1ccc(CNS(=O)(=O)c2c(C)[nH]c(=O)[nH]c2=O)cc1OC. The fourth-order valence-electron chi connectivity index (χ4n) is 2.15. The normalized spacial score (nSPS) is 11.3. The molecule has 130 valence electrons. The molecular formula is C14H17N3O6S. The van der Waals surface area contributed by atoms with Gasteiger partial charge in [0.1, 0.15) is 0 Å². The van der Waals surface area contributed by atoms with Crippen LogP contribution in [0.2, 0.25) is 0 Å². The number of nitrogens with one attached hydrogen (secondary N) is 3. The van der Waals surface area contributed by atoms with Crippen molar-refractivity contribution in [3.63, 3.8) is 0 Å². The average molecular weight is 355 g/mol. The maximum absolute atomic E-state index is 12.3. The highest BCUT2D eigenvalue weighted by atomic mass is 32.2. The Morgan fingerprint density at radius 3 is 2.33 bits per heavy atom. The van der Waals surface area contributed by atoms with Crippen LogP contribution in [0.5, 0.6) is 11.5 Å². The topological polar surface area (TPSA) is 130 Å². The van der Waals surface area contributed by atoms with Crippen molar-refractivity contribution in [2.75, 3.05) is 14.2 Å². The largest absolute Gasteiger partial charge is 0.493 e. The third kappa shape index (κ3) is 3.66. The van der Waals surface area contributed by atoms with E-state index < -0.39 is 26.2 Å². The predicted molar refractivity (Wildman–Crippen MR) is 86.0 cm³/mol. The maximum Gasteiger partial charge on any atom is 0.325 e. The zero-order valence-corrected chi connectivity index (χ0v) is 14.1. The summed E-state index contributed by atoms with van der Waals surface area (Å²) in [7, 11) is -1.15. The molecule has 0 saturated heterocycles. The lowest BCUT2D eigenvalue weighted by molar-refractivity contribution is 0.354. The van der Waals surface area contributed by atoms with Crippen LogP contribution in [0.3, 0.4) is 0 Å². The molecule has 0 aliphatic carbocycles. The summed E-state index contributed by atoms with van der Waals surface area (Å²) in [6.07, 6.45) is 0. The first-order valence-electron chi connectivity index (χ1n) is 6.82. The Hall–Kier alpha value is -2.59. The van der Waals surface area contributed by atoms with Gasteiger partial charge in [-0.05, 0) is 24.6 Å². The number of aromatic amines is 2. The molecule has 0 spiro atoms. The number of aryl methyl sites for hydroxylation is 1. The van der Waals surface area contributed by atoms with E-state index in [2.05, 4.69) is 9.71 Å². The summed E-state index contributed by atoms with van der Waals surface area (Å²) in [5.41, 5.74) is -1.18. The number of rotatable bonds is 6. The summed E-state index contributed by atoms with van der Waals surface area (Å²) in [4.78, 5) is 26.5. The van der Waals surface area contributed by atoms with E-state index in [-0.39, 0.29) is 12.2 Å². The predicted octanol–water partition coefficient (Wildman–Crippen LogP) is -0.133. The molecule has 2 aromatic rings. The first kappa shape index (κ1) is 17.8. The molecule has 0 radical (unpaired) electrons. The van der Waals surface area contributed by atoms with Crippen LogP contribution < -0.4 is 25.4 Å². The van der Waals surface area contributed by atoms with Crippen LogP contribution in [-0.4, -0.2) is 32.6 Å². The number of hydrogen-bond acceptors (Lipinski definition) is 6. The number of hydrogen-bond donors (Lipinski definition) is 3. The summed E-state index contributed by atoms with van der Waals surface area (Å²) in [6, 6.07) is 4.92. The third-order valence-corrected chi connectivity index (χ3v) is 4.81. The molecular weight excluding hydrogens is 338 g/mol. The van der Waals surface area contributed by atoms with Crippen molar-refractivity contribution < 1.29 is 17.9 Å². The Morgan fingerprint density at radius 2 is 1.75 bits per heavy atom. The molecule has 0 unspecified atom stereocenters. The summed E-state index contributed by atoms with van der Waals surface area (Å²) >= 11 is 0. The van der Waals surface area contributed by atoms with E-state index in [1.165, 1.54) is 21.1 Å². The van der Waals surface area contributed by atoms with Gasteiger partial charge in [0.15, 0.2) is 16.4 Å². The van der Waals surface area contributed by atoms with Crippen molar-refractivity contribution in [1.82, 2.24) is 14.7 Å². The van der Waals surface area contributed by atoms with Crippen LogP contribution in [0.4, 0.5) is 0 Å². The van der Waals surface area contributed by atoms with Crippen molar-refractivity contribution in [3.8, 4) is 11.5 Å². The lowest BCUT2D eigenvalue weighted by atomic mass is 10.2. The second-order valence-corrected chi connectivity index (χ2v) is 6.58. The number of sulfonamides is 1. The number of methoxy groups -OCH3 is 2. The Bertz CT molecular complexity index is 961. The van der Waals surface area contributed by atoms with E-state index in [0.29, 0.717) is 17.1 Å².